The fourth-order valence-electron chi connectivity index (χ4n) is 1.15. The lowest BCUT2D eigenvalue weighted by Crippen LogP contribution is -2.11. The molecule has 0 aliphatic rings. The van der Waals surface area contributed by atoms with Gasteiger partial charge in [0.05, 0.1) is 0 Å². The Bertz CT molecular complexity index is 268. The molecule has 0 fully saturated rings. The van der Waals surface area contributed by atoms with Crippen LogP contribution >= 0.6 is 21.9 Å². The molecule has 66 valence electrons. The second-order valence-electron chi connectivity index (χ2n) is 3.29. The van der Waals surface area contributed by atoms with Gasteiger partial charge in [-0.05, 0) is 18.1 Å². The van der Waals surface area contributed by atoms with Gasteiger partial charge in [-0.25, -0.2) is 0 Å². The zero-order valence-corrected chi connectivity index (χ0v) is 9.59. The highest BCUT2D eigenvalue weighted by atomic mass is 32.1. The van der Waals surface area contributed by atoms with Crippen LogP contribution in [0.15, 0.2) is 29.2 Å². The van der Waals surface area contributed by atoms with Crippen molar-refractivity contribution in [1.82, 2.24) is 0 Å². The van der Waals surface area contributed by atoms with E-state index in [2.05, 4.69) is 47.8 Å². The lowest BCUT2D eigenvalue weighted by Gasteiger charge is -2.24. The molecule has 0 spiro atoms. The van der Waals surface area contributed by atoms with Crippen molar-refractivity contribution in [3.63, 3.8) is 0 Å². The van der Waals surface area contributed by atoms with Crippen molar-refractivity contribution in [3.05, 3.63) is 29.8 Å². The van der Waals surface area contributed by atoms with E-state index < -0.39 is 0 Å². The Balaban J connectivity index is 3.10. The lowest BCUT2D eigenvalue weighted by atomic mass is 9.97. The molecule has 0 aromatic heterocycles. The monoisotopic (exact) mass is 198 g/mol. The number of benzene rings is 1. The molecule has 0 radical (unpaired) electrons. The molecule has 12 heavy (non-hydrogen) atoms. The first-order valence-corrected chi connectivity index (χ1v) is 5.17. The highest BCUT2D eigenvalue weighted by molar-refractivity contribution is 7.80. The van der Waals surface area contributed by atoms with E-state index in [4.69, 9.17) is 0 Å². The Labute approximate surface area is 82.4 Å². The highest BCUT2D eigenvalue weighted by Crippen LogP contribution is 2.37. The van der Waals surface area contributed by atoms with Crippen LogP contribution in [0, 0.1) is 0 Å². The van der Waals surface area contributed by atoms with Gasteiger partial charge in [-0.1, -0.05) is 32.0 Å². The zero-order chi connectivity index (χ0) is 9.19. The molecule has 1 aromatic rings. The van der Waals surface area contributed by atoms with E-state index in [1.54, 1.807) is 0 Å². The molecule has 0 heterocycles. The first kappa shape index (κ1) is 10.1. The summed E-state index contributed by atoms with van der Waals surface area (Å²) < 4.78 is 0. The minimum absolute atomic E-state index is 0.165. The Morgan fingerprint density at radius 2 is 2.00 bits per heavy atom. The Morgan fingerprint density at radius 1 is 1.42 bits per heavy atom. The number of rotatable bonds is 2. The Kier molecular flexibility index (Phi) is 3.20. The van der Waals surface area contributed by atoms with Crippen molar-refractivity contribution < 1.29 is 0 Å². The molecule has 0 aliphatic heterocycles. The lowest BCUT2D eigenvalue weighted by molar-refractivity contribution is 0.652. The van der Waals surface area contributed by atoms with Gasteiger partial charge in [0.25, 0.3) is 0 Å². The van der Waals surface area contributed by atoms with Crippen LogP contribution in [0.1, 0.15) is 25.8 Å². The number of hydrogen-bond acceptors (Lipinski definition) is 1. The predicted octanol–water partition coefficient (Wildman–Crippen LogP) is 3.48. The second-order valence-corrected chi connectivity index (χ2v) is 5.04. The van der Waals surface area contributed by atoms with Gasteiger partial charge in [0, 0.05) is 10.1 Å². The first-order chi connectivity index (χ1) is 5.58. The van der Waals surface area contributed by atoms with E-state index in [9.17, 15) is 0 Å². The molecule has 1 rings (SSSR count). The highest BCUT2D eigenvalue weighted by Gasteiger charge is 2.19. The quantitative estimate of drug-likeness (QED) is 0.546. The van der Waals surface area contributed by atoms with Crippen molar-refractivity contribution in [1.29, 1.82) is 0 Å². The third-order valence-corrected chi connectivity index (χ3v) is 3.36. The Hall–Kier alpha value is -0.0000000000000000555. The largest absolute Gasteiger partial charge is 0.143 e. The summed E-state index contributed by atoms with van der Waals surface area (Å²) in [6.45, 7) is 4.40. The molecule has 0 aliphatic carbocycles. The van der Waals surface area contributed by atoms with Crippen LogP contribution in [0.3, 0.4) is 0 Å². The summed E-state index contributed by atoms with van der Waals surface area (Å²) in [7, 11) is 2.89. The van der Waals surface area contributed by atoms with E-state index in [-0.39, 0.29) is 5.16 Å². The maximum Gasteiger partial charge on any atom is 0.00810 e. The van der Waals surface area contributed by atoms with Gasteiger partial charge in [0.15, 0.2) is 0 Å². The summed E-state index contributed by atoms with van der Waals surface area (Å²) in [6.07, 6.45) is 1.11. The standard InChI is InChI=1S/C10H15PS/c1-3-10(2,11)8-6-4-5-7-9(8)12/h4-7,12H,3,11H2,1-2H3. The summed E-state index contributed by atoms with van der Waals surface area (Å²) in [5.74, 6) is 0. The van der Waals surface area contributed by atoms with E-state index >= 15 is 0 Å². The molecule has 2 atom stereocenters. The van der Waals surface area contributed by atoms with E-state index in [0.717, 1.165) is 11.3 Å². The van der Waals surface area contributed by atoms with Gasteiger partial charge in [-0.2, -0.15) is 0 Å². The SMILES string of the molecule is CCC(C)(P)c1ccccc1S. The van der Waals surface area contributed by atoms with Gasteiger partial charge in [-0.3, -0.25) is 0 Å². The summed E-state index contributed by atoms with van der Waals surface area (Å²) in [5.41, 5.74) is 1.31. The van der Waals surface area contributed by atoms with Crippen molar-refractivity contribution in [2.45, 2.75) is 30.3 Å². The predicted molar refractivity (Wildman–Crippen MR) is 61.0 cm³/mol. The van der Waals surface area contributed by atoms with Gasteiger partial charge < -0.3 is 0 Å². The van der Waals surface area contributed by atoms with E-state index in [0.29, 0.717) is 0 Å². The Morgan fingerprint density at radius 3 is 2.50 bits per heavy atom. The second kappa shape index (κ2) is 3.81. The van der Waals surface area contributed by atoms with Crippen molar-refractivity contribution in [2.24, 2.45) is 0 Å². The normalized spacial score (nSPS) is 15.7. The maximum atomic E-state index is 4.43. The summed E-state index contributed by atoms with van der Waals surface area (Å²) in [6, 6.07) is 8.25. The maximum absolute atomic E-state index is 4.43. The average molecular weight is 198 g/mol. The fraction of sp³-hybridized carbons (Fsp3) is 0.400. The van der Waals surface area contributed by atoms with Crippen LogP contribution in [0.2, 0.25) is 0 Å². The first-order valence-electron chi connectivity index (χ1n) is 4.15. The minimum atomic E-state index is 0.165. The van der Waals surface area contributed by atoms with Crippen molar-refractivity contribution in [3.8, 4) is 0 Å². The van der Waals surface area contributed by atoms with Crippen molar-refractivity contribution in [2.75, 3.05) is 0 Å². The number of hydrogen-bond donors (Lipinski definition) is 1. The summed E-state index contributed by atoms with van der Waals surface area (Å²) >= 11 is 4.43. The fourth-order valence-corrected chi connectivity index (χ4v) is 1.94. The minimum Gasteiger partial charge on any atom is -0.143 e. The molecule has 0 amide bonds. The molecule has 0 bridgehead atoms. The molecule has 2 unspecified atom stereocenters. The third-order valence-electron chi connectivity index (χ3n) is 2.25. The van der Waals surface area contributed by atoms with Crippen LogP contribution in [0.5, 0.6) is 0 Å². The van der Waals surface area contributed by atoms with Crippen LogP contribution in [-0.4, -0.2) is 0 Å². The smallest absolute Gasteiger partial charge is 0.00810 e. The summed E-state index contributed by atoms with van der Waals surface area (Å²) in [4.78, 5) is 1.08. The van der Waals surface area contributed by atoms with Gasteiger partial charge >= 0.3 is 0 Å². The van der Waals surface area contributed by atoms with Crippen molar-refractivity contribution >= 4 is 21.9 Å². The van der Waals surface area contributed by atoms with Crippen LogP contribution in [-0.2, 0) is 5.16 Å². The van der Waals surface area contributed by atoms with Gasteiger partial charge in [0.1, 0.15) is 0 Å². The topological polar surface area (TPSA) is 0 Å². The molecule has 0 saturated carbocycles. The van der Waals surface area contributed by atoms with Gasteiger partial charge in [0.2, 0.25) is 0 Å². The molecular formula is C10H15PS. The molecule has 0 saturated heterocycles. The molecule has 0 N–H and O–H groups in total. The molecular weight excluding hydrogens is 183 g/mol. The van der Waals surface area contributed by atoms with E-state index in [1.807, 2.05) is 12.1 Å². The van der Waals surface area contributed by atoms with Crippen LogP contribution < -0.4 is 0 Å². The van der Waals surface area contributed by atoms with Gasteiger partial charge in [-0.15, -0.1) is 21.9 Å². The zero-order valence-electron chi connectivity index (χ0n) is 7.54. The van der Waals surface area contributed by atoms with Crippen LogP contribution in [0.4, 0.5) is 0 Å². The summed E-state index contributed by atoms with van der Waals surface area (Å²) in [5, 5.41) is 0.165. The molecule has 1 aromatic carbocycles. The third kappa shape index (κ3) is 2.02. The number of thiol groups is 1. The van der Waals surface area contributed by atoms with E-state index in [1.165, 1.54) is 5.56 Å². The van der Waals surface area contributed by atoms with Crippen LogP contribution in [0.25, 0.3) is 0 Å². The molecule has 2 heteroatoms. The average Bonchev–Trinajstić information content (AvgIpc) is 2.05. The molecule has 0 nitrogen and oxygen atoms in total.